The van der Waals surface area contributed by atoms with Crippen molar-refractivity contribution in [3.8, 4) is 0 Å². The molecule has 2 aliphatic rings. The molecule has 1 amide bonds. The van der Waals surface area contributed by atoms with Crippen LogP contribution in [0.25, 0.3) is 0 Å². The van der Waals surface area contributed by atoms with Crippen LogP contribution in [-0.2, 0) is 24.3 Å². The van der Waals surface area contributed by atoms with Gasteiger partial charge >= 0.3 is 0 Å². The number of benzene rings is 1. The highest BCUT2D eigenvalue weighted by Gasteiger charge is 2.34. The summed E-state index contributed by atoms with van der Waals surface area (Å²) in [6.45, 7) is 1.32. The smallest absolute Gasteiger partial charge is 0.241 e. The third-order valence-electron chi connectivity index (χ3n) is 5.57. The number of aliphatic hydroxyl groups is 1. The minimum absolute atomic E-state index is 0.0159. The maximum absolute atomic E-state index is 13.4. The molecule has 10 heteroatoms. The average Bonchev–Trinajstić information content (AvgIpc) is 2.75. The van der Waals surface area contributed by atoms with Crippen molar-refractivity contribution in [1.82, 2.24) is 10.0 Å². The third-order valence-corrected chi connectivity index (χ3v) is 7.05. The quantitative estimate of drug-likeness (QED) is 0.550. The first kappa shape index (κ1) is 23.1. The lowest BCUT2D eigenvalue weighted by atomic mass is 9.97. The lowest BCUT2D eigenvalue weighted by Gasteiger charge is -2.36. The number of carbonyl (C=O) groups is 1. The molecule has 0 spiro atoms. The number of hydrogen-bond acceptors (Lipinski definition) is 6. The van der Waals surface area contributed by atoms with Crippen LogP contribution in [0.3, 0.4) is 0 Å². The highest BCUT2D eigenvalue weighted by atomic mass is 32.2. The predicted octanol–water partition coefficient (Wildman–Crippen LogP) is 0.945. The van der Waals surface area contributed by atoms with Gasteiger partial charge in [-0.2, -0.15) is 0 Å². The van der Waals surface area contributed by atoms with Gasteiger partial charge in [-0.1, -0.05) is 6.07 Å². The van der Waals surface area contributed by atoms with Gasteiger partial charge in [0.05, 0.1) is 29.8 Å². The van der Waals surface area contributed by atoms with E-state index in [-0.39, 0.29) is 29.4 Å². The molecule has 1 aromatic rings. The molecule has 8 nitrogen and oxygen atoms in total. The van der Waals surface area contributed by atoms with Crippen LogP contribution in [0.4, 0.5) is 4.39 Å². The van der Waals surface area contributed by atoms with Gasteiger partial charge in [-0.25, -0.2) is 17.5 Å². The summed E-state index contributed by atoms with van der Waals surface area (Å²) in [5.74, 6) is -0.634. The summed E-state index contributed by atoms with van der Waals surface area (Å²) >= 11 is 0. The SMILES string of the molecule is O=C(NCC[C@@H]1CC[C@@H](NS(=O)(=O)c2cccc(F)c2)[C@H](CO)O1)C1CCOCC1. The zero-order valence-electron chi connectivity index (χ0n) is 16.8. The molecule has 30 heavy (non-hydrogen) atoms. The molecule has 1 aromatic carbocycles. The molecule has 0 unspecified atom stereocenters. The number of rotatable bonds is 8. The molecular weight excluding hydrogens is 415 g/mol. The maximum Gasteiger partial charge on any atom is 0.241 e. The maximum atomic E-state index is 13.4. The average molecular weight is 445 g/mol. The van der Waals surface area contributed by atoms with E-state index in [4.69, 9.17) is 9.47 Å². The van der Waals surface area contributed by atoms with Gasteiger partial charge in [0.15, 0.2) is 0 Å². The van der Waals surface area contributed by atoms with Gasteiger partial charge in [0.1, 0.15) is 5.82 Å². The van der Waals surface area contributed by atoms with Crippen LogP contribution in [0.5, 0.6) is 0 Å². The van der Waals surface area contributed by atoms with Crippen molar-refractivity contribution in [2.24, 2.45) is 5.92 Å². The number of hydrogen-bond donors (Lipinski definition) is 3. The zero-order valence-corrected chi connectivity index (χ0v) is 17.6. The van der Waals surface area contributed by atoms with Crippen LogP contribution >= 0.6 is 0 Å². The van der Waals surface area contributed by atoms with E-state index in [1.54, 1.807) is 0 Å². The fraction of sp³-hybridized carbons (Fsp3) is 0.650. The van der Waals surface area contributed by atoms with Crippen LogP contribution in [0, 0.1) is 11.7 Å². The summed E-state index contributed by atoms with van der Waals surface area (Å²) in [4.78, 5) is 12.0. The van der Waals surface area contributed by atoms with Crippen molar-refractivity contribution in [3.05, 3.63) is 30.1 Å². The Balaban J connectivity index is 1.48. The second-order valence-electron chi connectivity index (χ2n) is 7.71. The number of nitrogens with one attached hydrogen (secondary N) is 2. The molecule has 2 aliphatic heterocycles. The number of aliphatic hydroxyl groups excluding tert-OH is 1. The largest absolute Gasteiger partial charge is 0.394 e. The number of halogens is 1. The Kier molecular flexibility index (Phi) is 8.18. The van der Waals surface area contributed by atoms with Crippen LogP contribution < -0.4 is 10.0 Å². The van der Waals surface area contributed by atoms with E-state index in [0.717, 1.165) is 18.9 Å². The normalized spacial score (nSPS) is 25.7. The standard InChI is InChI=1S/C20H29FN2O6S/c21-15-2-1-3-17(12-15)30(26,27)23-18-5-4-16(29-19(18)13-24)6-9-22-20(25)14-7-10-28-11-8-14/h1-3,12,14,16,18-19,23-24H,4-11,13H2,(H,22,25)/t16-,18+,19-/m0/s1. The molecule has 2 saturated heterocycles. The summed E-state index contributed by atoms with van der Waals surface area (Å²) in [6, 6.07) is 4.15. The molecule has 0 saturated carbocycles. The van der Waals surface area contributed by atoms with Gasteiger partial charge in [-0.15, -0.1) is 0 Å². The first-order valence-electron chi connectivity index (χ1n) is 10.3. The van der Waals surface area contributed by atoms with Crippen molar-refractivity contribution >= 4 is 15.9 Å². The van der Waals surface area contributed by atoms with Gasteiger partial charge in [0, 0.05) is 25.7 Å². The van der Waals surface area contributed by atoms with Crippen molar-refractivity contribution < 1.29 is 32.2 Å². The van der Waals surface area contributed by atoms with Gasteiger partial charge in [-0.05, 0) is 50.3 Å². The van der Waals surface area contributed by atoms with E-state index in [1.807, 2.05) is 0 Å². The fourth-order valence-electron chi connectivity index (χ4n) is 3.84. The Morgan fingerprint density at radius 3 is 2.67 bits per heavy atom. The van der Waals surface area contributed by atoms with Gasteiger partial charge in [0.2, 0.25) is 15.9 Å². The molecule has 3 atom stereocenters. The monoisotopic (exact) mass is 444 g/mol. The third kappa shape index (κ3) is 6.21. The van der Waals surface area contributed by atoms with Crippen molar-refractivity contribution in [1.29, 1.82) is 0 Å². The minimum Gasteiger partial charge on any atom is -0.394 e. The highest BCUT2D eigenvalue weighted by molar-refractivity contribution is 7.89. The second-order valence-corrected chi connectivity index (χ2v) is 9.42. The Labute approximate surface area is 176 Å². The van der Waals surface area contributed by atoms with E-state index in [0.29, 0.717) is 39.0 Å². The van der Waals surface area contributed by atoms with Crippen molar-refractivity contribution in [2.75, 3.05) is 26.4 Å². The molecule has 2 heterocycles. The van der Waals surface area contributed by atoms with Crippen LogP contribution in [0.2, 0.25) is 0 Å². The van der Waals surface area contributed by atoms with Crippen molar-refractivity contribution in [3.63, 3.8) is 0 Å². The minimum atomic E-state index is -3.93. The summed E-state index contributed by atoms with van der Waals surface area (Å²) in [5.41, 5.74) is 0. The topological polar surface area (TPSA) is 114 Å². The molecule has 168 valence electrons. The molecule has 3 rings (SSSR count). The van der Waals surface area contributed by atoms with Crippen molar-refractivity contribution in [2.45, 2.75) is 55.2 Å². The number of amides is 1. The summed E-state index contributed by atoms with van der Waals surface area (Å²) < 4.78 is 52.1. The lowest BCUT2D eigenvalue weighted by Crippen LogP contribution is -2.51. The Bertz CT molecular complexity index is 815. The summed E-state index contributed by atoms with van der Waals surface area (Å²) in [5, 5.41) is 12.6. The molecule has 0 aliphatic carbocycles. The summed E-state index contributed by atoms with van der Waals surface area (Å²) in [7, 11) is -3.93. The van der Waals surface area contributed by atoms with E-state index in [9.17, 15) is 22.7 Å². The van der Waals surface area contributed by atoms with E-state index >= 15 is 0 Å². The van der Waals surface area contributed by atoms with Gasteiger partial charge in [0.25, 0.3) is 0 Å². The summed E-state index contributed by atoms with van der Waals surface area (Å²) in [6.07, 6.45) is 2.19. The predicted molar refractivity (Wildman–Crippen MR) is 107 cm³/mol. The molecule has 3 N–H and O–H groups in total. The zero-order chi connectivity index (χ0) is 21.6. The highest BCUT2D eigenvalue weighted by Crippen LogP contribution is 2.24. The van der Waals surface area contributed by atoms with Crippen LogP contribution in [0.1, 0.15) is 32.1 Å². The van der Waals surface area contributed by atoms with Gasteiger partial charge < -0.3 is 19.9 Å². The van der Waals surface area contributed by atoms with Crippen LogP contribution in [0.15, 0.2) is 29.2 Å². The number of carbonyl (C=O) groups excluding carboxylic acids is 1. The molecule has 0 aromatic heterocycles. The Morgan fingerprint density at radius 2 is 1.97 bits per heavy atom. The first-order valence-corrected chi connectivity index (χ1v) is 11.8. The van der Waals surface area contributed by atoms with E-state index < -0.39 is 28.0 Å². The second kappa shape index (κ2) is 10.6. The van der Waals surface area contributed by atoms with Gasteiger partial charge in [-0.3, -0.25) is 4.79 Å². The Morgan fingerprint density at radius 1 is 1.20 bits per heavy atom. The molecule has 0 radical (unpaired) electrons. The molecule has 2 fully saturated rings. The fourth-order valence-corrected chi connectivity index (χ4v) is 5.17. The van der Waals surface area contributed by atoms with Crippen LogP contribution in [-0.4, -0.2) is 64.0 Å². The first-order chi connectivity index (χ1) is 14.4. The van der Waals surface area contributed by atoms with E-state index in [2.05, 4.69) is 10.0 Å². The molecule has 0 bridgehead atoms. The Hall–Kier alpha value is -1.59. The number of ether oxygens (including phenoxy) is 2. The molecular formula is C20H29FN2O6S. The van der Waals surface area contributed by atoms with E-state index in [1.165, 1.54) is 18.2 Å². The lowest BCUT2D eigenvalue weighted by molar-refractivity contribution is -0.128. The number of sulfonamides is 1.